The molecule has 0 radical (unpaired) electrons. The zero-order valence-corrected chi connectivity index (χ0v) is 23.3. The van der Waals surface area contributed by atoms with Crippen LogP contribution in [0.1, 0.15) is 53.7 Å². The van der Waals surface area contributed by atoms with Gasteiger partial charge in [0.1, 0.15) is 12.4 Å². The maximum absolute atomic E-state index is 14.0. The van der Waals surface area contributed by atoms with Gasteiger partial charge in [-0.2, -0.15) is 0 Å². The number of ether oxygens (including phenoxy) is 3. The number of esters is 2. The van der Waals surface area contributed by atoms with Crippen molar-refractivity contribution in [1.82, 2.24) is 0 Å². The molecule has 4 rings (SSSR count). The monoisotopic (exact) mass is 542 g/mol. The summed E-state index contributed by atoms with van der Waals surface area (Å²) in [7, 11) is 1.57. The summed E-state index contributed by atoms with van der Waals surface area (Å²) in [5.41, 5.74) is 5.13. The lowest BCUT2D eigenvalue weighted by Gasteiger charge is -2.26. The first-order chi connectivity index (χ1) is 19.3. The molecule has 3 aromatic carbocycles. The van der Waals surface area contributed by atoms with E-state index in [2.05, 4.69) is 5.32 Å². The molecule has 0 unspecified atom stereocenters. The van der Waals surface area contributed by atoms with E-state index >= 15 is 0 Å². The first-order valence-corrected chi connectivity index (χ1v) is 13.3. The molecule has 0 saturated heterocycles. The largest absolute Gasteiger partial charge is 0.496 e. The second kappa shape index (κ2) is 13.0. The maximum atomic E-state index is 14.0. The highest BCUT2D eigenvalue weighted by Crippen LogP contribution is 2.42. The second-order valence-electron chi connectivity index (χ2n) is 9.44. The van der Waals surface area contributed by atoms with Gasteiger partial charge in [-0.25, -0.2) is 9.59 Å². The van der Waals surface area contributed by atoms with Crippen LogP contribution in [0.4, 0.5) is 21.9 Å². The third-order valence-corrected chi connectivity index (χ3v) is 6.82. The summed E-state index contributed by atoms with van der Waals surface area (Å²) in [5, 5.41) is 3.03. The van der Waals surface area contributed by atoms with Crippen LogP contribution in [0, 0.1) is 6.92 Å². The molecule has 1 N–H and O–H groups in total. The van der Waals surface area contributed by atoms with Gasteiger partial charge in [0, 0.05) is 17.5 Å². The first-order valence-electron chi connectivity index (χ1n) is 13.3. The van der Waals surface area contributed by atoms with Crippen LogP contribution in [0.15, 0.2) is 72.3 Å². The van der Waals surface area contributed by atoms with Crippen LogP contribution in [0.2, 0.25) is 0 Å². The molecule has 0 saturated carbocycles. The van der Waals surface area contributed by atoms with Crippen molar-refractivity contribution in [2.24, 2.45) is 0 Å². The minimum atomic E-state index is -0.494. The van der Waals surface area contributed by atoms with Crippen LogP contribution in [0.5, 0.6) is 5.75 Å². The molecule has 1 heterocycles. The van der Waals surface area contributed by atoms with Crippen LogP contribution >= 0.6 is 0 Å². The third kappa shape index (κ3) is 6.17. The highest BCUT2D eigenvalue weighted by Gasteiger charge is 2.33. The summed E-state index contributed by atoms with van der Waals surface area (Å²) >= 11 is 0. The molecule has 2 amide bonds. The molecule has 0 fully saturated rings. The first kappa shape index (κ1) is 28.4. The Morgan fingerprint density at radius 2 is 1.65 bits per heavy atom. The molecular weight excluding hydrogens is 508 g/mol. The number of benzene rings is 3. The number of methoxy groups -OCH3 is 1. The summed E-state index contributed by atoms with van der Waals surface area (Å²) in [6.07, 6.45) is 3.15. The smallest absolute Gasteiger partial charge is 0.341 e. The number of fused-ring (bicyclic) bond motifs is 1. The van der Waals surface area contributed by atoms with Crippen molar-refractivity contribution in [2.75, 3.05) is 23.9 Å². The van der Waals surface area contributed by atoms with Gasteiger partial charge < -0.3 is 19.5 Å². The number of rotatable bonds is 10. The van der Waals surface area contributed by atoms with Crippen LogP contribution in [-0.4, -0.2) is 31.7 Å². The van der Waals surface area contributed by atoms with E-state index in [4.69, 9.17) is 14.2 Å². The molecule has 8 nitrogen and oxygen atoms in total. The minimum absolute atomic E-state index is 0.106. The van der Waals surface area contributed by atoms with Crippen molar-refractivity contribution >= 4 is 35.0 Å². The third-order valence-electron chi connectivity index (χ3n) is 6.82. The molecule has 1 aliphatic rings. The Labute approximate surface area is 234 Å². The Bertz CT molecular complexity index is 1380. The molecule has 208 valence electrons. The van der Waals surface area contributed by atoms with E-state index in [9.17, 15) is 14.4 Å². The lowest BCUT2D eigenvalue weighted by Crippen LogP contribution is -2.32. The number of urea groups is 1. The summed E-state index contributed by atoms with van der Waals surface area (Å²) in [6.45, 7) is 6.04. The molecule has 1 aliphatic heterocycles. The van der Waals surface area contributed by atoms with Gasteiger partial charge in [-0.3, -0.25) is 9.69 Å². The van der Waals surface area contributed by atoms with Gasteiger partial charge in [0.05, 0.1) is 36.3 Å². The van der Waals surface area contributed by atoms with Crippen molar-refractivity contribution in [3.05, 3.63) is 94.6 Å². The number of nitrogens with zero attached hydrogens (tertiary/aromatic N) is 1. The van der Waals surface area contributed by atoms with Crippen LogP contribution in [0.25, 0.3) is 0 Å². The summed E-state index contributed by atoms with van der Waals surface area (Å²) in [4.78, 5) is 40.3. The molecular formula is C32H34N2O6. The number of allylic oxidation sites excluding steroid dienone is 2. The van der Waals surface area contributed by atoms with E-state index in [0.717, 1.165) is 11.1 Å². The lowest BCUT2D eigenvalue weighted by atomic mass is 9.93. The van der Waals surface area contributed by atoms with Crippen molar-refractivity contribution in [2.45, 2.75) is 46.6 Å². The van der Waals surface area contributed by atoms with Crippen LogP contribution in [-0.2, 0) is 27.3 Å². The molecule has 0 spiro atoms. The summed E-state index contributed by atoms with van der Waals surface area (Å²) in [6, 6.07) is 18.1. The van der Waals surface area contributed by atoms with E-state index in [0.29, 0.717) is 59.0 Å². The fourth-order valence-electron chi connectivity index (χ4n) is 4.80. The predicted molar refractivity (Wildman–Crippen MR) is 154 cm³/mol. The molecule has 0 aromatic heterocycles. The van der Waals surface area contributed by atoms with Crippen LogP contribution in [0.3, 0.4) is 0 Å². The van der Waals surface area contributed by atoms with E-state index in [-0.39, 0.29) is 19.0 Å². The van der Waals surface area contributed by atoms with Crippen molar-refractivity contribution in [3.8, 4) is 5.75 Å². The number of carbonyl (C=O) groups is 3. The molecule has 0 atom stereocenters. The quantitative estimate of drug-likeness (QED) is 0.222. The van der Waals surface area contributed by atoms with E-state index in [1.54, 1.807) is 18.9 Å². The molecule has 3 aromatic rings. The Morgan fingerprint density at radius 3 is 2.23 bits per heavy atom. The van der Waals surface area contributed by atoms with Gasteiger partial charge in [0.25, 0.3) is 0 Å². The Balaban J connectivity index is 1.76. The number of para-hydroxylation sites is 2. The Kier molecular flexibility index (Phi) is 9.22. The SMILES string of the molecule is CCOC(=O)CC/C(C)=C/Cc1c(NC(=O)N(c2ccccc2)c2ccccc2)c2c(c(C)c1OC)COC2=O. The standard InChI is InChI=1S/C32H34N2O6/c1-5-39-27(35)19-17-21(2)16-18-25-29(28-26(20-40-31(28)36)22(3)30(25)38-4)33-32(37)34(23-12-8-6-9-13-23)24-14-10-7-11-15-24/h6-16H,5,17-20H2,1-4H3,(H,33,37)/b21-16+. The van der Waals surface area contributed by atoms with E-state index in [1.165, 1.54) is 0 Å². The average molecular weight is 543 g/mol. The maximum Gasteiger partial charge on any atom is 0.341 e. The number of hydrogen-bond donors (Lipinski definition) is 1. The molecule has 0 aliphatic carbocycles. The molecule has 40 heavy (non-hydrogen) atoms. The number of anilines is 3. The Hall–Kier alpha value is -4.59. The predicted octanol–water partition coefficient (Wildman–Crippen LogP) is 6.88. The van der Waals surface area contributed by atoms with E-state index < -0.39 is 12.0 Å². The van der Waals surface area contributed by atoms with Crippen molar-refractivity contribution in [3.63, 3.8) is 0 Å². The zero-order chi connectivity index (χ0) is 28.6. The van der Waals surface area contributed by atoms with Gasteiger partial charge >= 0.3 is 18.0 Å². The number of nitrogens with one attached hydrogen (secondary N) is 1. The van der Waals surface area contributed by atoms with Gasteiger partial charge in [0.2, 0.25) is 0 Å². The minimum Gasteiger partial charge on any atom is -0.496 e. The zero-order valence-electron chi connectivity index (χ0n) is 23.3. The summed E-state index contributed by atoms with van der Waals surface area (Å²) in [5.74, 6) is -0.169. The Morgan fingerprint density at radius 1 is 1.02 bits per heavy atom. The molecule has 8 heteroatoms. The van der Waals surface area contributed by atoms with Gasteiger partial charge in [-0.1, -0.05) is 48.0 Å². The molecule has 0 bridgehead atoms. The topological polar surface area (TPSA) is 94.2 Å². The number of amides is 2. The fourth-order valence-corrected chi connectivity index (χ4v) is 4.80. The van der Waals surface area contributed by atoms with Crippen molar-refractivity contribution in [1.29, 1.82) is 0 Å². The van der Waals surface area contributed by atoms with E-state index in [1.807, 2.05) is 80.6 Å². The van der Waals surface area contributed by atoms with Gasteiger partial charge in [0.15, 0.2) is 0 Å². The van der Waals surface area contributed by atoms with Crippen LogP contribution < -0.4 is 15.0 Å². The number of cyclic esters (lactones) is 1. The highest BCUT2D eigenvalue weighted by molar-refractivity contribution is 6.11. The normalized spacial score (nSPS) is 12.4. The van der Waals surface area contributed by atoms with Crippen molar-refractivity contribution < 1.29 is 28.6 Å². The fraction of sp³-hybridized carbons (Fsp3) is 0.281. The highest BCUT2D eigenvalue weighted by atomic mass is 16.5. The second-order valence-corrected chi connectivity index (χ2v) is 9.44. The lowest BCUT2D eigenvalue weighted by molar-refractivity contribution is -0.143. The van der Waals surface area contributed by atoms with Gasteiger partial charge in [-0.15, -0.1) is 0 Å². The number of carbonyl (C=O) groups excluding carboxylic acids is 3. The van der Waals surface area contributed by atoms with Gasteiger partial charge in [-0.05, 0) is 63.4 Å². The summed E-state index contributed by atoms with van der Waals surface area (Å²) < 4.78 is 16.3. The average Bonchev–Trinajstić information content (AvgIpc) is 3.35. The number of hydrogen-bond acceptors (Lipinski definition) is 6.